The molecule has 2 aromatic carbocycles. The van der Waals surface area contributed by atoms with Crippen molar-refractivity contribution in [3.63, 3.8) is 0 Å². The summed E-state index contributed by atoms with van der Waals surface area (Å²) in [4.78, 5) is 11.7. The van der Waals surface area contributed by atoms with Gasteiger partial charge in [-0.05, 0) is 39.1 Å². The Morgan fingerprint density at radius 3 is 2.60 bits per heavy atom. The Balaban J connectivity index is 2.12. The van der Waals surface area contributed by atoms with E-state index in [1.54, 1.807) is 0 Å². The zero-order chi connectivity index (χ0) is 14.8. The molecule has 0 heterocycles. The van der Waals surface area contributed by atoms with Crippen LogP contribution in [-0.2, 0) is 9.53 Å². The number of hydrogen-bond acceptors (Lipinski definition) is 3. The van der Waals surface area contributed by atoms with Gasteiger partial charge in [-0.3, -0.25) is 0 Å². The Bertz CT molecular complexity index is 624. The van der Waals surface area contributed by atoms with E-state index in [0.29, 0.717) is 5.75 Å². The quantitative estimate of drug-likeness (QED) is 0.796. The molecule has 0 N–H and O–H groups in total. The molecule has 0 aliphatic rings. The lowest BCUT2D eigenvalue weighted by atomic mass is 10.1. The van der Waals surface area contributed by atoms with Crippen LogP contribution in [-0.4, -0.2) is 18.2 Å². The Labute approximate surface area is 119 Å². The predicted octanol–water partition coefficient (Wildman–Crippen LogP) is 3.87. The third-order valence-corrected chi connectivity index (χ3v) is 2.76. The van der Waals surface area contributed by atoms with E-state index in [0.717, 1.165) is 10.8 Å². The minimum atomic E-state index is -0.490. The van der Waals surface area contributed by atoms with E-state index in [4.69, 9.17) is 9.47 Å². The van der Waals surface area contributed by atoms with Crippen LogP contribution in [0.2, 0.25) is 0 Å². The molecule has 0 aliphatic carbocycles. The standard InChI is InChI=1S/C17H20O3/c1-12-8-9-14-13(10-12)6-5-7-15(14)19-11-16(18)20-17(2,3)4/h5-10H,11H2,1-4H3. The fraction of sp³-hybridized carbons (Fsp3) is 0.353. The van der Waals surface area contributed by atoms with Gasteiger partial charge in [0.15, 0.2) is 6.61 Å². The highest BCUT2D eigenvalue weighted by molar-refractivity contribution is 5.89. The van der Waals surface area contributed by atoms with Gasteiger partial charge in [-0.2, -0.15) is 0 Å². The van der Waals surface area contributed by atoms with Crippen LogP contribution in [0.15, 0.2) is 36.4 Å². The van der Waals surface area contributed by atoms with Gasteiger partial charge in [0.2, 0.25) is 0 Å². The lowest BCUT2D eigenvalue weighted by Crippen LogP contribution is -2.27. The number of carbonyl (C=O) groups excluding carboxylic acids is 1. The molecule has 3 heteroatoms. The first-order valence-corrected chi connectivity index (χ1v) is 6.69. The number of aryl methyl sites for hydroxylation is 1. The third kappa shape index (κ3) is 3.73. The molecular weight excluding hydrogens is 252 g/mol. The smallest absolute Gasteiger partial charge is 0.344 e. The van der Waals surface area contributed by atoms with Crippen LogP contribution in [0.25, 0.3) is 10.8 Å². The molecule has 2 aromatic rings. The Morgan fingerprint density at radius 2 is 1.90 bits per heavy atom. The van der Waals surface area contributed by atoms with E-state index in [9.17, 15) is 4.79 Å². The van der Waals surface area contributed by atoms with Crippen LogP contribution in [0.1, 0.15) is 26.3 Å². The molecule has 0 aromatic heterocycles. The van der Waals surface area contributed by atoms with Gasteiger partial charge in [-0.1, -0.05) is 35.9 Å². The predicted molar refractivity (Wildman–Crippen MR) is 80.0 cm³/mol. The zero-order valence-corrected chi connectivity index (χ0v) is 12.4. The maximum atomic E-state index is 11.7. The Morgan fingerprint density at radius 1 is 1.15 bits per heavy atom. The van der Waals surface area contributed by atoms with E-state index >= 15 is 0 Å². The van der Waals surface area contributed by atoms with Gasteiger partial charge in [0.1, 0.15) is 11.4 Å². The van der Waals surface area contributed by atoms with Crippen molar-refractivity contribution in [3.05, 3.63) is 42.0 Å². The first kappa shape index (κ1) is 14.4. The summed E-state index contributed by atoms with van der Waals surface area (Å²) < 4.78 is 10.8. The van der Waals surface area contributed by atoms with Crippen molar-refractivity contribution in [2.75, 3.05) is 6.61 Å². The molecule has 0 bridgehead atoms. The maximum Gasteiger partial charge on any atom is 0.344 e. The summed E-state index contributed by atoms with van der Waals surface area (Å²) in [7, 11) is 0. The number of rotatable bonds is 3. The normalized spacial score (nSPS) is 11.4. The minimum absolute atomic E-state index is 0.0791. The van der Waals surface area contributed by atoms with Gasteiger partial charge in [0.25, 0.3) is 0 Å². The number of esters is 1. The summed E-state index contributed by atoms with van der Waals surface area (Å²) >= 11 is 0. The second-order valence-electron chi connectivity index (χ2n) is 5.86. The van der Waals surface area contributed by atoms with Gasteiger partial charge in [0, 0.05) is 5.39 Å². The number of ether oxygens (including phenoxy) is 2. The van der Waals surface area contributed by atoms with Crippen LogP contribution in [0, 0.1) is 6.92 Å². The summed E-state index contributed by atoms with van der Waals surface area (Å²) in [5.74, 6) is 0.343. The molecule has 0 radical (unpaired) electrons. The molecule has 20 heavy (non-hydrogen) atoms. The van der Waals surface area contributed by atoms with Crippen molar-refractivity contribution >= 4 is 16.7 Å². The molecule has 3 nitrogen and oxygen atoms in total. The lowest BCUT2D eigenvalue weighted by Gasteiger charge is -2.19. The fourth-order valence-electron chi connectivity index (χ4n) is 2.01. The van der Waals surface area contributed by atoms with E-state index in [2.05, 4.69) is 6.07 Å². The van der Waals surface area contributed by atoms with Crippen LogP contribution in [0.3, 0.4) is 0 Å². The summed E-state index contributed by atoms with van der Waals surface area (Å²) in [5.41, 5.74) is 0.706. The van der Waals surface area contributed by atoms with Crippen molar-refractivity contribution in [1.82, 2.24) is 0 Å². The minimum Gasteiger partial charge on any atom is -0.481 e. The second kappa shape index (κ2) is 5.53. The van der Waals surface area contributed by atoms with E-state index < -0.39 is 5.60 Å². The van der Waals surface area contributed by atoms with Crippen molar-refractivity contribution in [2.45, 2.75) is 33.3 Å². The molecular formula is C17H20O3. The van der Waals surface area contributed by atoms with Crippen LogP contribution in [0.4, 0.5) is 0 Å². The summed E-state index contributed by atoms with van der Waals surface area (Å²) in [6.07, 6.45) is 0. The molecule has 0 aliphatic heterocycles. The molecule has 106 valence electrons. The van der Waals surface area contributed by atoms with E-state index in [1.165, 1.54) is 5.56 Å². The molecule has 0 saturated carbocycles. The molecule has 0 unspecified atom stereocenters. The molecule has 0 fully saturated rings. The largest absolute Gasteiger partial charge is 0.481 e. The van der Waals surface area contributed by atoms with E-state index in [1.807, 2.05) is 58.0 Å². The summed E-state index contributed by atoms with van der Waals surface area (Å²) in [6, 6.07) is 11.9. The second-order valence-corrected chi connectivity index (χ2v) is 5.86. The van der Waals surface area contributed by atoms with Gasteiger partial charge in [-0.25, -0.2) is 4.79 Å². The highest BCUT2D eigenvalue weighted by atomic mass is 16.6. The van der Waals surface area contributed by atoms with Gasteiger partial charge >= 0.3 is 5.97 Å². The summed E-state index contributed by atoms with van der Waals surface area (Å²) in [5, 5.41) is 2.10. The summed E-state index contributed by atoms with van der Waals surface area (Å²) in [6.45, 7) is 7.49. The van der Waals surface area contributed by atoms with Crippen LogP contribution < -0.4 is 4.74 Å². The number of fused-ring (bicyclic) bond motifs is 1. The maximum absolute atomic E-state index is 11.7. The van der Waals surface area contributed by atoms with Gasteiger partial charge in [-0.15, -0.1) is 0 Å². The Hall–Kier alpha value is -2.03. The SMILES string of the molecule is Cc1ccc2c(OCC(=O)OC(C)(C)C)cccc2c1. The van der Waals surface area contributed by atoms with Gasteiger partial charge < -0.3 is 9.47 Å². The number of hydrogen-bond donors (Lipinski definition) is 0. The van der Waals surface area contributed by atoms with Crippen molar-refractivity contribution in [3.8, 4) is 5.75 Å². The first-order chi connectivity index (χ1) is 9.35. The van der Waals surface area contributed by atoms with Crippen LogP contribution in [0.5, 0.6) is 5.75 Å². The Kier molecular flexibility index (Phi) is 3.98. The number of benzene rings is 2. The van der Waals surface area contributed by atoms with E-state index in [-0.39, 0.29) is 12.6 Å². The average Bonchev–Trinajstić information content (AvgIpc) is 2.33. The monoisotopic (exact) mass is 272 g/mol. The molecule has 0 spiro atoms. The highest BCUT2D eigenvalue weighted by Crippen LogP contribution is 2.26. The van der Waals surface area contributed by atoms with Gasteiger partial charge in [0.05, 0.1) is 0 Å². The fourth-order valence-corrected chi connectivity index (χ4v) is 2.01. The zero-order valence-electron chi connectivity index (χ0n) is 12.4. The van der Waals surface area contributed by atoms with Crippen molar-refractivity contribution in [1.29, 1.82) is 0 Å². The topological polar surface area (TPSA) is 35.5 Å². The third-order valence-electron chi connectivity index (χ3n) is 2.76. The van der Waals surface area contributed by atoms with Crippen LogP contribution >= 0.6 is 0 Å². The first-order valence-electron chi connectivity index (χ1n) is 6.69. The molecule has 0 amide bonds. The highest BCUT2D eigenvalue weighted by Gasteiger charge is 2.16. The van der Waals surface area contributed by atoms with Crippen molar-refractivity contribution in [2.24, 2.45) is 0 Å². The lowest BCUT2D eigenvalue weighted by molar-refractivity contribution is -0.157. The van der Waals surface area contributed by atoms with Crippen molar-refractivity contribution < 1.29 is 14.3 Å². The molecule has 0 saturated heterocycles. The number of carbonyl (C=O) groups is 1. The molecule has 2 rings (SSSR count). The molecule has 0 atom stereocenters. The average molecular weight is 272 g/mol.